The smallest absolute Gasteiger partial charge is 0.245 e. The summed E-state index contributed by atoms with van der Waals surface area (Å²) in [7, 11) is -3.72. The highest BCUT2D eigenvalue weighted by Crippen LogP contribution is 2.20. The predicted molar refractivity (Wildman–Crippen MR) is 62.4 cm³/mol. The summed E-state index contributed by atoms with van der Waals surface area (Å²) in [6, 6.07) is 4.52. The molecule has 0 fully saturated rings. The quantitative estimate of drug-likeness (QED) is 0.854. The molecule has 0 saturated carbocycles. The molecule has 1 heterocycles. The topological polar surface area (TPSA) is 80.5 Å². The van der Waals surface area contributed by atoms with Crippen molar-refractivity contribution in [3.8, 4) is 0 Å². The molecule has 0 saturated heterocycles. The van der Waals surface area contributed by atoms with Crippen LogP contribution in [0.25, 0.3) is 0 Å². The van der Waals surface area contributed by atoms with E-state index in [1.807, 2.05) is 0 Å². The molecule has 0 aromatic heterocycles. The minimum Gasteiger partial charge on any atom is -0.366 e. The Morgan fingerprint density at radius 1 is 1.28 bits per heavy atom. The van der Waals surface area contributed by atoms with Gasteiger partial charge in [0.05, 0.1) is 4.90 Å². The van der Waals surface area contributed by atoms with Crippen LogP contribution in [0.4, 0.5) is 4.39 Å². The van der Waals surface area contributed by atoms with Gasteiger partial charge in [-0.1, -0.05) is 6.08 Å². The molecule has 2 N–H and O–H groups in total. The average Bonchev–Trinajstić information content (AvgIpc) is 2.79. The maximum atomic E-state index is 12.7. The lowest BCUT2D eigenvalue weighted by atomic mass is 10.3. The Morgan fingerprint density at radius 3 is 2.39 bits per heavy atom. The van der Waals surface area contributed by atoms with Gasteiger partial charge in [-0.25, -0.2) is 12.8 Å². The van der Waals surface area contributed by atoms with E-state index in [0.717, 1.165) is 16.4 Å². The Balaban J connectivity index is 2.24. The van der Waals surface area contributed by atoms with Crippen molar-refractivity contribution in [2.24, 2.45) is 5.73 Å². The molecule has 0 spiro atoms. The first-order chi connectivity index (χ1) is 8.41. The SMILES string of the molecule is NC(=O)C1=CCN(S(=O)(=O)c2ccc(F)cc2)C1. The molecule has 7 heteroatoms. The van der Waals surface area contributed by atoms with Gasteiger partial charge < -0.3 is 5.73 Å². The van der Waals surface area contributed by atoms with Crippen LogP contribution in [-0.4, -0.2) is 31.7 Å². The second-order valence-electron chi connectivity index (χ2n) is 3.85. The third-order valence-corrected chi connectivity index (χ3v) is 4.48. The number of halogens is 1. The zero-order valence-electron chi connectivity index (χ0n) is 9.34. The maximum Gasteiger partial charge on any atom is 0.245 e. The summed E-state index contributed by atoms with van der Waals surface area (Å²) in [6.07, 6.45) is 1.48. The third kappa shape index (κ3) is 2.27. The van der Waals surface area contributed by atoms with Crippen LogP contribution in [0.5, 0.6) is 0 Å². The van der Waals surface area contributed by atoms with Crippen LogP contribution >= 0.6 is 0 Å². The molecule has 0 unspecified atom stereocenters. The van der Waals surface area contributed by atoms with Crippen molar-refractivity contribution in [2.45, 2.75) is 4.90 Å². The van der Waals surface area contributed by atoms with Gasteiger partial charge in [-0.3, -0.25) is 4.79 Å². The zero-order valence-corrected chi connectivity index (χ0v) is 10.2. The van der Waals surface area contributed by atoms with Gasteiger partial charge in [0.2, 0.25) is 15.9 Å². The van der Waals surface area contributed by atoms with E-state index in [2.05, 4.69) is 0 Å². The molecule has 0 aliphatic carbocycles. The molecule has 1 aliphatic rings. The largest absolute Gasteiger partial charge is 0.366 e. The first-order valence-electron chi connectivity index (χ1n) is 5.16. The third-order valence-electron chi connectivity index (χ3n) is 2.66. The molecule has 96 valence electrons. The van der Waals surface area contributed by atoms with Gasteiger partial charge in [-0.15, -0.1) is 0 Å². The normalized spacial score (nSPS) is 16.6. The van der Waals surface area contributed by atoms with Crippen LogP contribution in [0.2, 0.25) is 0 Å². The van der Waals surface area contributed by atoms with Gasteiger partial charge in [0.1, 0.15) is 5.82 Å². The van der Waals surface area contributed by atoms with E-state index < -0.39 is 21.7 Å². The van der Waals surface area contributed by atoms with Crippen molar-refractivity contribution >= 4 is 15.9 Å². The first kappa shape index (κ1) is 12.7. The highest BCUT2D eigenvalue weighted by Gasteiger charge is 2.29. The summed E-state index contributed by atoms with van der Waals surface area (Å²) >= 11 is 0. The number of hydrogen-bond acceptors (Lipinski definition) is 3. The molecule has 0 atom stereocenters. The number of sulfonamides is 1. The van der Waals surface area contributed by atoms with Gasteiger partial charge >= 0.3 is 0 Å². The van der Waals surface area contributed by atoms with Crippen molar-refractivity contribution in [3.05, 3.63) is 41.7 Å². The average molecular weight is 270 g/mol. The van der Waals surface area contributed by atoms with Crippen LogP contribution in [0.1, 0.15) is 0 Å². The van der Waals surface area contributed by atoms with Crippen molar-refractivity contribution in [3.63, 3.8) is 0 Å². The first-order valence-corrected chi connectivity index (χ1v) is 6.60. The summed E-state index contributed by atoms with van der Waals surface area (Å²) in [4.78, 5) is 10.9. The van der Waals surface area contributed by atoms with Crippen LogP contribution in [0.3, 0.4) is 0 Å². The fraction of sp³-hybridized carbons (Fsp3) is 0.182. The number of nitrogens with zero attached hydrogens (tertiary/aromatic N) is 1. The number of benzene rings is 1. The standard InChI is InChI=1S/C11H11FN2O3S/c12-9-1-3-10(4-2-9)18(16,17)14-6-5-8(7-14)11(13)15/h1-5H,6-7H2,(H2,13,15). The van der Waals surface area contributed by atoms with E-state index in [0.29, 0.717) is 0 Å². The fourth-order valence-electron chi connectivity index (χ4n) is 1.65. The Bertz CT molecular complexity index is 608. The molecule has 1 aromatic rings. The molecular formula is C11H11FN2O3S. The van der Waals surface area contributed by atoms with Gasteiger partial charge in [0.15, 0.2) is 0 Å². The summed E-state index contributed by atoms with van der Waals surface area (Å²) in [6.45, 7) is 0.0486. The summed E-state index contributed by atoms with van der Waals surface area (Å²) in [5.41, 5.74) is 5.35. The highest BCUT2D eigenvalue weighted by molar-refractivity contribution is 7.89. The molecule has 1 amide bonds. The number of rotatable bonds is 3. The summed E-state index contributed by atoms with van der Waals surface area (Å²) in [5, 5.41) is 0. The van der Waals surface area contributed by atoms with Crippen LogP contribution in [0, 0.1) is 5.82 Å². The second kappa shape index (κ2) is 4.51. The predicted octanol–water partition coefficient (Wildman–Crippen LogP) is 0.242. The fourth-order valence-corrected chi connectivity index (χ4v) is 3.01. The van der Waals surface area contributed by atoms with E-state index in [1.54, 1.807) is 0 Å². The van der Waals surface area contributed by atoms with Crippen molar-refractivity contribution < 1.29 is 17.6 Å². The number of primary amides is 1. The van der Waals surface area contributed by atoms with Crippen molar-refractivity contribution in [1.82, 2.24) is 4.31 Å². The Labute approximate surface area is 104 Å². The Hall–Kier alpha value is -1.73. The minimum absolute atomic E-state index is 0.0111. The van der Waals surface area contributed by atoms with Crippen molar-refractivity contribution in [1.29, 1.82) is 0 Å². The van der Waals surface area contributed by atoms with Gasteiger partial charge in [0.25, 0.3) is 0 Å². The lowest BCUT2D eigenvalue weighted by molar-refractivity contribution is -0.114. The van der Waals surface area contributed by atoms with Crippen LogP contribution in [0.15, 0.2) is 40.8 Å². The van der Waals surface area contributed by atoms with Crippen LogP contribution in [-0.2, 0) is 14.8 Å². The Kier molecular flexibility index (Phi) is 3.18. The molecule has 2 rings (SSSR count). The van der Waals surface area contributed by atoms with E-state index in [4.69, 9.17) is 5.73 Å². The molecule has 0 radical (unpaired) electrons. The monoisotopic (exact) mass is 270 g/mol. The molecule has 1 aromatic carbocycles. The van der Waals surface area contributed by atoms with Gasteiger partial charge in [-0.2, -0.15) is 4.31 Å². The van der Waals surface area contributed by atoms with E-state index in [9.17, 15) is 17.6 Å². The summed E-state index contributed by atoms with van der Waals surface area (Å²) < 4.78 is 38.1. The highest BCUT2D eigenvalue weighted by atomic mass is 32.2. The number of carbonyl (C=O) groups is 1. The molecular weight excluding hydrogens is 259 g/mol. The lowest BCUT2D eigenvalue weighted by Crippen LogP contribution is -2.30. The van der Waals surface area contributed by atoms with Crippen LogP contribution < -0.4 is 5.73 Å². The van der Waals surface area contributed by atoms with Crippen molar-refractivity contribution in [2.75, 3.05) is 13.1 Å². The van der Waals surface area contributed by atoms with E-state index in [-0.39, 0.29) is 23.6 Å². The molecule has 5 nitrogen and oxygen atoms in total. The van der Waals surface area contributed by atoms with Gasteiger partial charge in [-0.05, 0) is 24.3 Å². The molecule has 0 bridgehead atoms. The number of nitrogens with two attached hydrogens (primary N) is 1. The lowest BCUT2D eigenvalue weighted by Gasteiger charge is -2.16. The Morgan fingerprint density at radius 2 is 1.89 bits per heavy atom. The number of hydrogen-bond donors (Lipinski definition) is 1. The molecule has 18 heavy (non-hydrogen) atoms. The van der Waals surface area contributed by atoms with E-state index in [1.165, 1.54) is 18.2 Å². The second-order valence-corrected chi connectivity index (χ2v) is 5.78. The maximum absolute atomic E-state index is 12.7. The zero-order chi connectivity index (χ0) is 13.3. The minimum atomic E-state index is -3.72. The van der Waals surface area contributed by atoms with Gasteiger partial charge in [0, 0.05) is 18.7 Å². The number of carbonyl (C=O) groups excluding carboxylic acids is 1. The van der Waals surface area contributed by atoms with E-state index >= 15 is 0 Å². The summed E-state index contributed by atoms with van der Waals surface area (Å²) in [5.74, 6) is -1.14. The molecule has 1 aliphatic heterocycles. The number of amides is 1.